The van der Waals surface area contributed by atoms with Crippen molar-refractivity contribution in [3.8, 4) is 0 Å². The minimum atomic E-state index is 0.00213. The van der Waals surface area contributed by atoms with E-state index in [4.69, 9.17) is 11.6 Å². The number of carbonyl (C=O) groups excluding carboxylic acids is 1. The molecular weight excluding hydrogens is 212 g/mol. The minimum absolute atomic E-state index is 0.00213. The highest BCUT2D eigenvalue weighted by Crippen LogP contribution is 2.08. The second-order valence-electron chi connectivity index (χ2n) is 4.63. The van der Waals surface area contributed by atoms with E-state index in [1.54, 1.807) is 0 Å². The lowest BCUT2D eigenvalue weighted by Gasteiger charge is -2.32. The van der Waals surface area contributed by atoms with E-state index in [1.807, 2.05) is 14.1 Å². The van der Waals surface area contributed by atoms with Crippen molar-refractivity contribution in [2.24, 2.45) is 0 Å². The number of carbonyl (C=O) groups is 1. The molecule has 90 valence electrons. The van der Waals surface area contributed by atoms with Crippen LogP contribution in [0.4, 0.5) is 0 Å². The number of likely N-dealkylation sites (N-methyl/N-ethyl adjacent to an activating group) is 1. The van der Waals surface area contributed by atoms with Crippen LogP contribution in [0.1, 0.15) is 33.1 Å². The van der Waals surface area contributed by atoms with Gasteiger partial charge in [0, 0.05) is 24.4 Å². The van der Waals surface area contributed by atoms with Gasteiger partial charge in [-0.3, -0.25) is 4.79 Å². The summed E-state index contributed by atoms with van der Waals surface area (Å²) in [6, 6.07) is 0. The third-order valence-electron chi connectivity index (χ3n) is 2.72. The van der Waals surface area contributed by atoms with Gasteiger partial charge in [-0.1, -0.05) is 0 Å². The molecule has 1 N–H and O–H groups in total. The van der Waals surface area contributed by atoms with Gasteiger partial charge in [-0.05, 0) is 40.8 Å². The summed E-state index contributed by atoms with van der Waals surface area (Å²) in [5.41, 5.74) is 0.00213. The molecule has 0 aromatic carbocycles. The molecule has 15 heavy (non-hydrogen) atoms. The first kappa shape index (κ1) is 14.7. The lowest BCUT2D eigenvalue weighted by Crippen LogP contribution is -2.48. The zero-order valence-electron chi connectivity index (χ0n) is 10.3. The largest absolute Gasteiger partial charge is 0.354 e. The Bertz CT molecular complexity index is 193. The molecule has 0 aliphatic carbocycles. The molecule has 0 aliphatic rings. The molecule has 0 radical (unpaired) electrons. The Hall–Kier alpha value is -0.280. The van der Waals surface area contributed by atoms with E-state index < -0.39 is 0 Å². The van der Waals surface area contributed by atoms with Crippen LogP contribution in [0.3, 0.4) is 0 Å². The molecule has 0 saturated heterocycles. The molecular formula is C11H23ClN2O. The molecule has 0 aliphatic heterocycles. The van der Waals surface area contributed by atoms with Crippen LogP contribution in [0.2, 0.25) is 0 Å². The van der Waals surface area contributed by atoms with Crippen molar-refractivity contribution >= 4 is 17.5 Å². The van der Waals surface area contributed by atoms with Crippen LogP contribution < -0.4 is 5.32 Å². The van der Waals surface area contributed by atoms with Gasteiger partial charge in [-0.15, -0.1) is 11.6 Å². The molecule has 0 atom stereocenters. The summed E-state index contributed by atoms with van der Waals surface area (Å²) >= 11 is 5.54. The monoisotopic (exact) mass is 234 g/mol. The molecule has 0 rings (SSSR count). The molecule has 3 nitrogen and oxygen atoms in total. The van der Waals surface area contributed by atoms with E-state index >= 15 is 0 Å². The molecule has 4 heteroatoms. The van der Waals surface area contributed by atoms with Gasteiger partial charge in [0.25, 0.3) is 0 Å². The number of unbranched alkanes of at least 4 members (excludes halogenated alkanes) is 1. The first-order valence-electron chi connectivity index (χ1n) is 5.40. The van der Waals surface area contributed by atoms with Crippen LogP contribution in [0.25, 0.3) is 0 Å². The lowest BCUT2D eigenvalue weighted by molar-refractivity contribution is -0.121. The smallest absolute Gasteiger partial charge is 0.220 e. The van der Waals surface area contributed by atoms with Crippen molar-refractivity contribution in [3.63, 3.8) is 0 Å². The number of amides is 1. The quantitative estimate of drug-likeness (QED) is 0.539. The molecule has 0 aromatic heterocycles. The number of halogens is 1. The number of nitrogens with one attached hydrogen (secondary N) is 1. The lowest BCUT2D eigenvalue weighted by atomic mass is 10.0. The molecule has 1 amide bonds. The van der Waals surface area contributed by atoms with E-state index in [2.05, 4.69) is 24.1 Å². The summed E-state index contributed by atoms with van der Waals surface area (Å²) in [5.74, 6) is 0.756. The molecule has 0 unspecified atom stereocenters. The number of hydrogen-bond acceptors (Lipinski definition) is 2. The summed E-state index contributed by atoms with van der Waals surface area (Å²) < 4.78 is 0. The average molecular weight is 235 g/mol. The van der Waals surface area contributed by atoms with Gasteiger partial charge in [-0.25, -0.2) is 0 Å². The number of alkyl halides is 1. The standard InChI is InChI=1S/C11H23ClN2O/c1-11(2,14(3)4)9-13-10(15)7-5-6-8-12/h5-9H2,1-4H3,(H,13,15). The Balaban J connectivity index is 3.71. The number of hydrogen-bond donors (Lipinski definition) is 1. The van der Waals surface area contributed by atoms with E-state index in [-0.39, 0.29) is 11.4 Å². The molecule has 0 heterocycles. The van der Waals surface area contributed by atoms with Gasteiger partial charge in [0.1, 0.15) is 0 Å². The zero-order valence-corrected chi connectivity index (χ0v) is 11.0. The van der Waals surface area contributed by atoms with E-state index in [9.17, 15) is 4.79 Å². The Morgan fingerprint density at radius 2 is 1.93 bits per heavy atom. The third-order valence-corrected chi connectivity index (χ3v) is 2.98. The third kappa shape index (κ3) is 6.74. The first-order valence-corrected chi connectivity index (χ1v) is 5.93. The topological polar surface area (TPSA) is 32.3 Å². The second kappa shape index (κ2) is 7.07. The molecule has 0 fully saturated rings. The second-order valence-corrected chi connectivity index (χ2v) is 5.01. The van der Waals surface area contributed by atoms with Crippen molar-refractivity contribution in [2.45, 2.75) is 38.6 Å². The van der Waals surface area contributed by atoms with Gasteiger partial charge in [-0.2, -0.15) is 0 Å². The van der Waals surface area contributed by atoms with Gasteiger partial charge in [0.15, 0.2) is 0 Å². The fraction of sp³-hybridized carbons (Fsp3) is 0.909. The summed E-state index contributed by atoms with van der Waals surface area (Å²) in [5, 5.41) is 2.94. The van der Waals surface area contributed by atoms with Crippen LogP contribution in [0.5, 0.6) is 0 Å². The number of rotatable bonds is 7. The van der Waals surface area contributed by atoms with Crippen LogP contribution in [-0.4, -0.2) is 42.9 Å². The SMILES string of the molecule is CN(C)C(C)(C)CNC(=O)CCCCCl. The van der Waals surface area contributed by atoms with Gasteiger partial charge < -0.3 is 10.2 Å². The molecule has 0 bridgehead atoms. The fourth-order valence-electron chi connectivity index (χ4n) is 0.941. The average Bonchev–Trinajstić information content (AvgIpc) is 2.15. The minimum Gasteiger partial charge on any atom is -0.354 e. The van der Waals surface area contributed by atoms with Crippen LogP contribution in [0, 0.1) is 0 Å². The van der Waals surface area contributed by atoms with E-state index in [0.29, 0.717) is 18.8 Å². The maximum absolute atomic E-state index is 11.4. The van der Waals surface area contributed by atoms with E-state index in [1.165, 1.54) is 0 Å². The predicted octanol–water partition coefficient (Wildman–Crippen LogP) is 1.85. The highest BCUT2D eigenvalue weighted by atomic mass is 35.5. The maximum Gasteiger partial charge on any atom is 0.220 e. The van der Waals surface area contributed by atoms with Gasteiger partial charge in [0.2, 0.25) is 5.91 Å². The molecule has 0 saturated carbocycles. The van der Waals surface area contributed by atoms with Crippen molar-refractivity contribution in [1.29, 1.82) is 0 Å². The number of nitrogens with zero attached hydrogens (tertiary/aromatic N) is 1. The van der Waals surface area contributed by atoms with E-state index in [0.717, 1.165) is 12.8 Å². The Morgan fingerprint density at radius 1 is 1.33 bits per heavy atom. The Kier molecular flexibility index (Phi) is 6.94. The highest BCUT2D eigenvalue weighted by molar-refractivity contribution is 6.17. The van der Waals surface area contributed by atoms with Crippen molar-refractivity contribution in [1.82, 2.24) is 10.2 Å². The van der Waals surface area contributed by atoms with Gasteiger partial charge in [0.05, 0.1) is 0 Å². The summed E-state index contributed by atoms with van der Waals surface area (Å²) in [6.45, 7) is 4.89. The van der Waals surface area contributed by atoms with Crippen LogP contribution >= 0.6 is 11.6 Å². The van der Waals surface area contributed by atoms with Gasteiger partial charge >= 0.3 is 0 Å². The fourth-order valence-corrected chi connectivity index (χ4v) is 1.13. The first-order chi connectivity index (χ1) is 6.90. The Labute approximate surface area is 98.2 Å². The summed E-state index contributed by atoms with van der Waals surface area (Å²) in [6.07, 6.45) is 2.36. The van der Waals surface area contributed by atoms with Crippen molar-refractivity contribution < 1.29 is 4.79 Å². The Morgan fingerprint density at radius 3 is 2.40 bits per heavy atom. The zero-order chi connectivity index (χ0) is 11.9. The van der Waals surface area contributed by atoms with Crippen LogP contribution in [0.15, 0.2) is 0 Å². The normalized spacial score (nSPS) is 11.9. The van der Waals surface area contributed by atoms with Crippen molar-refractivity contribution in [2.75, 3.05) is 26.5 Å². The summed E-state index contributed by atoms with van der Waals surface area (Å²) in [7, 11) is 4.03. The highest BCUT2D eigenvalue weighted by Gasteiger charge is 2.20. The maximum atomic E-state index is 11.4. The van der Waals surface area contributed by atoms with Crippen LogP contribution in [-0.2, 0) is 4.79 Å². The van der Waals surface area contributed by atoms with Crippen molar-refractivity contribution in [3.05, 3.63) is 0 Å². The molecule has 0 aromatic rings. The predicted molar refractivity (Wildman–Crippen MR) is 65.3 cm³/mol. The summed E-state index contributed by atoms with van der Waals surface area (Å²) in [4.78, 5) is 13.5. The molecule has 0 spiro atoms.